The molecule has 0 N–H and O–H groups in total. The summed E-state index contributed by atoms with van der Waals surface area (Å²) in [5.74, 6) is 0.979. The molecule has 0 amide bonds. The molecule has 0 saturated carbocycles. The van der Waals surface area contributed by atoms with Gasteiger partial charge in [0, 0.05) is 16.5 Å². The van der Waals surface area contributed by atoms with Gasteiger partial charge in [-0.1, -0.05) is 30.3 Å². The van der Waals surface area contributed by atoms with Crippen LogP contribution in [0.1, 0.15) is 10.4 Å². The van der Waals surface area contributed by atoms with Gasteiger partial charge in [-0.3, -0.25) is 14.2 Å². The number of aromatic nitrogens is 2. The number of rotatable bonds is 4. The SMILES string of the molecule is O=C(Cn1cnc2scc(-c3ccccc3)c2c1=O)c1ccc2c(c1)OCCO2. The zero-order valence-electron chi connectivity index (χ0n) is 15.3. The molecule has 144 valence electrons. The first-order chi connectivity index (χ1) is 14.2. The number of nitrogens with zero attached hydrogens (tertiary/aromatic N) is 2. The normalized spacial score (nSPS) is 12.8. The number of carbonyl (C=O) groups excluding carboxylic acids is 1. The number of benzene rings is 2. The zero-order chi connectivity index (χ0) is 19.8. The summed E-state index contributed by atoms with van der Waals surface area (Å²) in [5.41, 5.74) is 2.04. The van der Waals surface area contributed by atoms with Gasteiger partial charge in [0.15, 0.2) is 17.3 Å². The molecule has 2 aromatic heterocycles. The van der Waals surface area contributed by atoms with Gasteiger partial charge in [0.2, 0.25) is 0 Å². The second-order valence-electron chi connectivity index (χ2n) is 6.65. The average molecular weight is 404 g/mol. The largest absolute Gasteiger partial charge is 0.486 e. The van der Waals surface area contributed by atoms with Gasteiger partial charge in [0.05, 0.1) is 18.3 Å². The first kappa shape index (κ1) is 17.6. The highest BCUT2D eigenvalue weighted by Crippen LogP contribution is 2.32. The lowest BCUT2D eigenvalue weighted by atomic mass is 10.1. The van der Waals surface area contributed by atoms with Crippen molar-refractivity contribution in [1.82, 2.24) is 9.55 Å². The van der Waals surface area contributed by atoms with E-state index in [-0.39, 0.29) is 17.9 Å². The Bertz CT molecular complexity index is 1280. The van der Waals surface area contributed by atoms with Crippen LogP contribution in [-0.4, -0.2) is 28.5 Å². The molecule has 0 atom stereocenters. The number of carbonyl (C=O) groups is 1. The lowest BCUT2D eigenvalue weighted by Gasteiger charge is -2.18. The number of thiophene rings is 1. The van der Waals surface area contributed by atoms with Crippen molar-refractivity contribution >= 4 is 27.3 Å². The molecule has 6 nitrogen and oxygen atoms in total. The van der Waals surface area contributed by atoms with Crippen LogP contribution in [0.4, 0.5) is 0 Å². The molecular weight excluding hydrogens is 388 g/mol. The summed E-state index contributed by atoms with van der Waals surface area (Å²) in [7, 11) is 0. The van der Waals surface area contributed by atoms with E-state index in [0.717, 1.165) is 11.1 Å². The van der Waals surface area contributed by atoms with Crippen molar-refractivity contribution in [1.29, 1.82) is 0 Å². The van der Waals surface area contributed by atoms with Gasteiger partial charge in [-0.25, -0.2) is 4.98 Å². The molecule has 0 spiro atoms. The molecule has 7 heteroatoms. The maximum Gasteiger partial charge on any atom is 0.263 e. The van der Waals surface area contributed by atoms with E-state index >= 15 is 0 Å². The standard InChI is InChI=1S/C22H16N2O4S/c25-17(15-6-7-18-19(10-15)28-9-8-27-18)11-24-13-23-21-20(22(24)26)16(12-29-21)14-4-2-1-3-5-14/h1-7,10,12-13H,8-9,11H2. The first-order valence-corrected chi connectivity index (χ1v) is 10.0. The van der Waals surface area contributed by atoms with Gasteiger partial charge in [0.1, 0.15) is 18.0 Å². The molecule has 1 aliphatic rings. The van der Waals surface area contributed by atoms with Crippen molar-refractivity contribution in [3.63, 3.8) is 0 Å². The Morgan fingerprint density at radius 3 is 2.69 bits per heavy atom. The summed E-state index contributed by atoms with van der Waals surface area (Å²) in [6.45, 7) is 0.850. The van der Waals surface area contributed by atoms with E-state index in [4.69, 9.17) is 9.47 Å². The Morgan fingerprint density at radius 1 is 1.07 bits per heavy atom. The predicted octanol–water partition coefficient (Wildman–Crippen LogP) is 3.78. The second kappa shape index (κ2) is 7.18. The molecule has 1 aliphatic heterocycles. The lowest BCUT2D eigenvalue weighted by Crippen LogP contribution is -2.24. The van der Waals surface area contributed by atoms with Crippen LogP contribution < -0.4 is 15.0 Å². The molecule has 29 heavy (non-hydrogen) atoms. The summed E-state index contributed by atoms with van der Waals surface area (Å²) in [5, 5.41) is 2.47. The molecule has 0 saturated heterocycles. The summed E-state index contributed by atoms with van der Waals surface area (Å²) in [6.07, 6.45) is 1.44. The van der Waals surface area contributed by atoms with E-state index in [9.17, 15) is 9.59 Å². The predicted molar refractivity (Wildman–Crippen MR) is 111 cm³/mol. The number of fused-ring (bicyclic) bond motifs is 2. The molecular formula is C22H16N2O4S. The van der Waals surface area contributed by atoms with Crippen LogP contribution in [0.5, 0.6) is 11.5 Å². The maximum atomic E-state index is 13.1. The lowest BCUT2D eigenvalue weighted by molar-refractivity contribution is 0.0969. The highest BCUT2D eigenvalue weighted by Gasteiger charge is 2.18. The van der Waals surface area contributed by atoms with Gasteiger partial charge in [-0.15, -0.1) is 11.3 Å². The van der Waals surface area contributed by atoms with Crippen LogP contribution in [0.25, 0.3) is 21.3 Å². The maximum absolute atomic E-state index is 13.1. The highest BCUT2D eigenvalue weighted by molar-refractivity contribution is 7.17. The zero-order valence-corrected chi connectivity index (χ0v) is 16.1. The van der Waals surface area contributed by atoms with E-state index in [0.29, 0.717) is 40.5 Å². The van der Waals surface area contributed by atoms with Gasteiger partial charge < -0.3 is 9.47 Å². The van der Waals surface area contributed by atoms with Crippen molar-refractivity contribution in [3.8, 4) is 22.6 Å². The second-order valence-corrected chi connectivity index (χ2v) is 7.51. The number of Topliss-reactive ketones (excluding diaryl/α,β-unsaturated/α-hetero) is 1. The molecule has 3 heterocycles. The van der Waals surface area contributed by atoms with Gasteiger partial charge in [-0.2, -0.15) is 0 Å². The van der Waals surface area contributed by atoms with E-state index in [1.165, 1.54) is 22.2 Å². The Morgan fingerprint density at radius 2 is 1.86 bits per heavy atom. The smallest absolute Gasteiger partial charge is 0.263 e. The first-order valence-electron chi connectivity index (χ1n) is 9.15. The topological polar surface area (TPSA) is 70.4 Å². The van der Waals surface area contributed by atoms with E-state index in [1.54, 1.807) is 18.2 Å². The van der Waals surface area contributed by atoms with Crippen molar-refractivity contribution in [2.45, 2.75) is 6.54 Å². The fourth-order valence-corrected chi connectivity index (χ4v) is 4.28. The molecule has 0 radical (unpaired) electrons. The number of ether oxygens (including phenoxy) is 2. The van der Waals surface area contributed by atoms with Crippen LogP contribution in [0.3, 0.4) is 0 Å². The minimum Gasteiger partial charge on any atom is -0.486 e. The number of hydrogen-bond acceptors (Lipinski definition) is 6. The fraction of sp³-hybridized carbons (Fsp3) is 0.136. The third-order valence-corrected chi connectivity index (χ3v) is 5.71. The highest BCUT2D eigenvalue weighted by atomic mass is 32.1. The fourth-order valence-electron chi connectivity index (χ4n) is 3.37. The Labute approximate surface area is 170 Å². The average Bonchev–Trinajstić information content (AvgIpc) is 3.21. The van der Waals surface area contributed by atoms with Gasteiger partial charge >= 0.3 is 0 Å². The Balaban J connectivity index is 1.50. The molecule has 0 unspecified atom stereocenters. The van der Waals surface area contributed by atoms with Gasteiger partial charge in [0.25, 0.3) is 5.56 Å². The Kier molecular flexibility index (Phi) is 4.37. The summed E-state index contributed by atoms with van der Waals surface area (Å²) in [6, 6.07) is 14.8. The van der Waals surface area contributed by atoms with Crippen LogP contribution in [0, 0.1) is 0 Å². The molecule has 2 aromatic carbocycles. The monoisotopic (exact) mass is 404 g/mol. The van der Waals surface area contributed by atoms with Gasteiger partial charge in [-0.05, 0) is 23.8 Å². The molecule has 0 aliphatic carbocycles. The third-order valence-electron chi connectivity index (χ3n) is 4.82. The van der Waals surface area contributed by atoms with E-state index in [2.05, 4.69) is 4.98 Å². The minimum atomic E-state index is -0.221. The van der Waals surface area contributed by atoms with Crippen molar-refractivity contribution < 1.29 is 14.3 Å². The molecule has 4 aromatic rings. The molecule has 5 rings (SSSR count). The Hall–Kier alpha value is -3.45. The van der Waals surface area contributed by atoms with Crippen LogP contribution in [0.15, 0.2) is 65.0 Å². The molecule has 0 bridgehead atoms. The summed E-state index contributed by atoms with van der Waals surface area (Å²) >= 11 is 1.42. The summed E-state index contributed by atoms with van der Waals surface area (Å²) < 4.78 is 12.4. The van der Waals surface area contributed by atoms with E-state index < -0.39 is 0 Å². The quantitative estimate of drug-likeness (QED) is 0.484. The molecule has 0 fully saturated rings. The van der Waals surface area contributed by atoms with Crippen LogP contribution >= 0.6 is 11.3 Å². The third kappa shape index (κ3) is 3.19. The minimum absolute atomic E-state index is 0.0918. The summed E-state index contributed by atoms with van der Waals surface area (Å²) in [4.78, 5) is 31.0. The number of hydrogen-bond donors (Lipinski definition) is 0. The van der Waals surface area contributed by atoms with Crippen LogP contribution in [0.2, 0.25) is 0 Å². The van der Waals surface area contributed by atoms with Crippen LogP contribution in [-0.2, 0) is 6.54 Å². The van der Waals surface area contributed by atoms with Crippen molar-refractivity contribution in [3.05, 3.63) is 76.2 Å². The van der Waals surface area contributed by atoms with E-state index in [1.807, 2.05) is 35.7 Å². The van der Waals surface area contributed by atoms with Crippen molar-refractivity contribution in [2.24, 2.45) is 0 Å². The van der Waals surface area contributed by atoms with Crippen molar-refractivity contribution in [2.75, 3.05) is 13.2 Å². The number of ketones is 1.